The maximum atomic E-state index is 5.31. The molecule has 0 bridgehead atoms. The van der Waals surface area contributed by atoms with E-state index in [1.807, 2.05) is 0 Å². The van der Waals surface area contributed by atoms with Crippen molar-refractivity contribution in [3.63, 3.8) is 0 Å². The lowest BCUT2D eigenvalue weighted by Gasteiger charge is -2.21. The molecule has 2 atom stereocenters. The Labute approximate surface area is 103 Å². The molecule has 2 rings (SSSR count). The number of nitrogens with one attached hydrogen (secondary N) is 1. The Morgan fingerprint density at radius 1 is 1.35 bits per heavy atom. The van der Waals surface area contributed by atoms with E-state index in [0.29, 0.717) is 17.8 Å². The van der Waals surface area contributed by atoms with Crippen LogP contribution in [-0.4, -0.2) is 29.7 Å². The minimum Gasteiger partial charge on any atom is -0.480 e. The predicted molar refractivity (Wildman–Crippen MR) is 67.3 cm³/mol. The van der Waals surface area contributed by atoms with E-state index >= 15 is 0 Å². The van der Waals surface area contributed by atoms with Crippen molar-refractivity contribution in [1.82, 2.24) is 15.3 Å². The third-order valence-corrected chi connectivity index (χ3v) is 3.41. The maximum Gasteiger partial charge on any atom is 0.235 e. The van der Waals surface area contributed by atoms with Crippen LogP contribution in [0.4, 0.5) is 0 Å². The molecule has 0 amide bonds. The van der Waals surface area contributed by atoms with Gasteiger partial charge in [0, 0.05) is 24.4 Å². The number of hydrogen-bond donors (Lipinski definition) is 1. The summed E-state index contributed by atoms with van der Waals surface area (Å²) in [5.74, 6) is 1.13. The Balaban J connectivity index is 2.14. The van der Waals surface area contributed by atoms with Crippen molar-refractivity contribution in [2.45, 2.75) is 44.6 Å². The van der Waals surface area contributed by atoms with Gasteiger partial charge in [-0.3, -0.25) is 4.98 Å². The Morgan fingerprint density at radius 3 is 2.94 bits per heavy atom. The number of aromatic nitrogens is 2. The molecule has 1 fully saturated rings. The zero-order chi connectivity index (χ0) is 12.1. The Kier molecular flexibility index (Phi) is 4.31. The van der Waals surface area contributed by atoms with Gasteiger partial charge in [0.2, 0.25) is 5.88 Å². The zero-order valence-corrected chi connectivity index (χ0v) is 10.6. The van der Waals surface area contributed by atoms with Crippen LogP contribution < -0.4 is 10.1 Å². The normalized spacial score (nSPS) is 23.9. The molecule has 0 radical (unpaired) electrons. The molecule has 4 heteroatoms. The van der Waals surface area contributed by atoms with Gasteiger partial charge < -0.3 is 10.1 Å². The molecular weight excluding hydrogens is 214 g/mol. The van der Waals surface area contributed by atoms with E-state index in [9.17, 15) is 0 Å². The smallest absolute Gasteiger partial charge is 0.235 e. The molecule has 0 aliphatic heterocycles. The van der Waals surface area contributed by atoms with Crippen molar-refractivity contribution in [3.8, 4) is 5.88 Å². The summed E-state index contributed by atoms with van der Waals surface area (Å²) >= 11 is 0. The Morgan fingerprint density at radius 2 is 2.18 bits per heavy atom. The summed E-state index contributed by atoms with van der Waals surface area (Å²) in [6.45, 7) is 3.27. The highest BCUT2D eigenvalue weighted by atomic mass is 16.5. The van der Waals surface area contributed by atoms with E-state index in [4.69, 9.17) is 4.74 Å². The molecule has 4 nitrogen and oxygen atoms in total. The minimum atomic E-state index is 0.449. The van der Waals surface area contributed by atoms with Gasteiger partial charge in [0.05, 0.1) is 7.11 Å². The van der Waals surface area contributed by atoms with Crippen LogP contribution in [0.1, 0.15) is 44.2 Å². The SMILES string of the molecule is CCCNC1CCCC1c1nccnc1OC. The fourth-order valence-electron chi connectivity index (χ4n) is 2.61. The van der Waals surface area contributed by atoms with Gasteiger partial charge in [-0.2, -0.15) is 0 Å². The van der Waals surface area contributed by atoms with Crippen LogP contribution in [0.2, 0.25) is 0 Å². The first-order valence-electron chi connectivity index (χ1n) is 6.45. The van der Waals surface area contributed by atoms with Gasteiger partial charge in [0.25, 0.3) is 0 Å². The molecule has 2 unspecified atom stereocenters. The van der Waals surface area contributed by atoms with E-state index in [-0.39, 0.29) is 0 Å². The van der Waals surface area contributed by atoms with Gasteiger partial charge >= 0.3 is 0 Å². The molecule has 1 aromatic heterocycles. The number of ether oxygens (including phenoxy) is 1. The maximum absolute atomic E-state index is 5.31. The average Bonchev–Trinajstić information content (AvgIpc) is 2.84. The van der Waals surface area contributed by atoms with Gasteiger partial charge in [0.15, 0.2) is 0 Å². The molecule has 0 spiro atoms. The minimum absolute atomic E-state index is 0.449. The summed E-state index contributed by atoms with van der Waals surface area (Å²) in [7, 11) is 1.66. The molecule has 1 aliphatic rings. The highest BCUT2D eigenvalue weighted by molar-refractivity contribution is 5.24. The second kappa shape index (κ2) is 5.96. The standard InChI is InChI=1S/C13H21N3O/c1-3-7-14-11-6-4-5-10(11)12-13(17-2)16-9-8-15-12/h8-11,14H,3-7H2,1-2H3. The van der Waals surface area contributed by atoms with E-state index in [1.165, 1.54) is 25.7 Å². The Bertz CT molecular complexity index is 356. The predicted octanol–water partition coefficient (Wildman–Crippen LogP) is 2.12. The van der Waals surface area contributed by atoms with Crippen LogP contribution in [0.25, 0.3) is 0 Å². The van der Waals surface area contributed by atoms with E-state index in [1.54, 1.807) is 19.5 Å². The van der Waals surface area contributed by atoms with Crippen molar-refractivity contribution < 1.29 is 4.74 Å². The van der Waals surface area contributed by atoms with Crippen LogP contribution in [0.5, 0.6) is 5.88 Å². The molecule has 0 saturated heterocycles. The molecule has 94 valence electrons. The zero-order valence-electron chi connectivity index (χ0n) is 10.6. The quantitative estimate of drug-likeness (QED) is 0.849. The first kappa shape index (κ1) is 12.3. The highest BCUT2D eigenvalue weighted by Gasteiger charge is 2.31. The van der Waals surface area contributed by atoms with Crippen molar-refractivity contribution in [2.75, 3.05) is 13.7 Å². The van der Waals surface area contributed by atoms with Crippen LogP contribution in [0.15, 0.2) is 12.4 Å². The number of methoxy groups -OCH3 is 1. The number of nitrogens with zero attached hydrogens (tertiary/aromatic N) is 2. The topological polar surface area (TPSA) is 47.0 Å². The highest BCUT2D eigenvalue weighted by Crippen LogP contribution is 2.36. The van der Waals surface area contributed by atoms with Crippen molar-refractivity contribution in [2.24, 2.45) is 0 Å². The van der Waals surface area contributed by atoms with Crippen LogP contribution in [0.3, 0.4) is 0 Å². The monoisotopic (exact) mass is 235 g/mol. The van der Waals surface area contributed by atoms with E-state index in [0.717, 1.165) is 12.2 Å². The number of hydrogen-bond acceptors (Lipinski definition) is 4. The Hall–Kier alpha value is -1.16. The molecule has 17 heavy (non-hydrogen) atoms. The first-order valence-corrected chi connectivity index (χ1v) is 6.45. The fourth-order valence-corrected chi connectivity index (χ4v) is 2.61. The summed E-state index contributed by atoms with van der Waals surface area (Å²) < 4.78 is 5.31. The van der Waals surface area contributed by atoms with Gasteiger partial charge in [-0.05, 0) is 25.8 Å². The van der Waals surface area contributed by atoms with Crippen LogP contribution in [-0.2, 0) is 0 Å². The van der Waals surface area contributed by atoms with Gasteiger partial charge in [-0.1, -0.05) is 13.3 Å². The lowest BCUT2D eigenvalue weighted by molar-refractivity contribution is 0.375. The van der Waals surface area contributed by atoms with Gasteiger partial charge in [-0.15, -0.1) is 0 Å². The lowest BCUT2D eigenvalue weighted by Crippen LogP contribution is -2.32. The van der Waals surface area contributed by atoms with E-state index in [2.05, 4.69) is 22.2 Å². The summed E-state index contributed by atoms with van der Waals surface area (Å²) in [6.07, 6.45) is 8.27. The van der Waals surface area contributed by atoms with Gasteiger partial charge in [-0.25, -0.2) is 4.98 Å². The summed E-state index contributed by atoms with van der Waals surface area (Å²) in [5, 5.41) is 3.61. The molecule has 1 aliphatic carbocycles. The molecule has 0 aromatic carbocycles. The largest absolute Gasteiger partial charge is 0.480 e. The first-order chi connectivity index (χ1) is 8.36. The van der Waals surface area contributed by atoms with Crippen molar-refractivity contribution in [3.05, 3.63) is 18.1 Å². The van der Waals surface area contributed by atoms with Crippen molar-refractivity contribution in [1.29, 1.82) is 0 Å². The average molecular weight is 235 g/mol. The summed E-state index contributed by atoms with van der Waals surface area (Å²) in [6, 6.07) is 0.528. The van der Waals surface area contributed by atoms with Crippen molar-refractivity contribution >= 4 is 0 Å². The van der Waals surface area contributed by atoms with Gasteiger partial charge in [0.1, 0.15) is 5.69 Å². The fraction of sp³-hybridized carbons (Fsp3) is 0.692. The molecule has 1 heterocycles. The third kappa shape index (κ3) is 2.75. The lowest BCUT2D eigenvalue weighted by atomic mass is 9.99. The second-order valence-corrected chi connectivity index (χ2v) is 4.55. The second-order valence-electron chi connectivity index (χ2n) is 4.55. The molecule has 1 N–H and O–H groups in total. The number of rotatable bonds is 5. The summed E-state index contributed by atoms with van der Waals surface area (Å²) in [5.41, 5.74) is 1.01. The van der Waals surface area contributed by atoms with Crippen LogP contribution >= 0.6 is 0 Å². The van der Waals surface area contributed by atoms with Crippen LogP contribution in [0, 0.1) is 0 Å². The molecule has 1 aromatic rings. The molecule has 1 saturated carbocycles. The summed E-state index contributed by atoms with van der Waals surface area (Å²) in [4.78, 5) is 8.71. The molecular formula is C13H21N3O. The van der Waals surface area contributed by atoms with E-state index < -0.39 is 0 Å². The third-order valence-electron chi connectivity index (χ3n) is 3.41.